The second-order valence-corrected chi connectivity index (χ2v) is 5.22. The van der Waals surface area contributed by atoms with Gasteiger partial charge in [-0.2, -0.15) is 5.26 Å². The fraction of sp³-hybridized carbons (Fsp3) is 0.200. The van der Waals surface area contributed by atoms with Gasteiger partial charge in [-0.05, 0) is 17.4 Å². The summed E-state index contributed by atoms with van der Waals surface area (Å²) in [5, 5.41) is 10.3. The van der Waals surface area contributed by atoms with E-state index in [0.29, 0.717) is 5.57 Å². The first-order valence-corrected chi connectivity index (χ1v) is 7.06. The first-order chi connectivity index (χ1) is 9.26. The molecule has 0 aliphatic carbocycles. The molecule has 96 valence electrons. The van der Waals surface area contributed by atoms with Gasteiger partial charge in [0.15, 0.2) is 5.16 Å². The molecule has 19 heavy (non-hydrogen) atoms. The van der Waals surface area contributed by atoms with Gasteiger partial charge < -0.3 is 4.57 Å². The van der Waals surface area contributed by atoms with Gasteiger partial charge in [0.2, 0.25) is 0 Å². The summed E-state index contributed by atoms with van der Waals surface area (Å²) in [7, 11) is 1.97. The quantitative estimate of drug-likeness (QED) is 0.629. The average molecular weight is 269 g/mol. The molecule has 2 aromatic rings. The first-order valence-electron chi connectivity index (χ1n) is 6.08. The maximum atomic E-state index is 9.29. The molecule has 0 saturated heterocycles. The molecule has 0 N–H and O–H groups in total. The summed E-state index contributed by atoms with van der Waals surface area (Å²) in [6.07, 6.45) is 3.68. The number of hydrogen-bond donors (Lipinski definition) is 0. The highest BCUT2D eigenvalue weighted by atomic mass is 32.2. The molecule has 1 heterocycles. The summed E-state index contributed by atoms with van der Waals surface area (Å²) in [5.74, 6) is 0.984. The van der Waals surface area contributed by atoms with Crippen LogP contribution in [0.3, 0.4) is 0 Å². The van der Waals surface area contributed by atoms with Crippen LogP contribution in [-0.4, -0.2) is 15.3 Å². The smallest absolute Gasteiger partial charge is 0.168 e. The second kappa shape index (κ2) is 6.26. The average Bonchev–Trinajstić information content (AvgIpc) is 2.79. The molecule has 0 unspecified atom stereocenters. The van der Waals surface area contributed by atoms with Gasteiger partial charge in [0.05, 0.1) is 23.5 Å². The minimum Gasteiger partial charge on any atom is -0.323 e. The number of thioether (sulfide) groups is 1. The van der Waals surface area contributed by atoms with Crippen molar-refractivity contribution < 1.29 is 0 Å². The molecule has 1 aromatic heterocycles. The van der Waals surface area contributed by atoms with Crippen LogP contribution in [-0.2, 0) is 7.05 Å². The minimum atomic E-state index is 0.650. The Bertz CT molecular complexity index is 621. The number of aromatic nitrogens is 2. The van der Waals surface area contributed by atoms with Crippen molar-refractivity contribution in [3.8, 4) is 6.07 Å². The lowest BCUT2D eigenvalue weighted by Gasteiger charge is -2.02. The molecule has 4 heteroatoms. The molecule has 2 rings (SSSR count). The number of imidazole rings is 1. The topological polar surface area (TPSA) is 41.6 Å². The molecule has 0 fully saturated rings. The molecular formula is C15H15N3S. The molecule has 0 aliphatic heterocycles. The van der Waals surface area contributed by atoms with Gasteiger partial charge in [0.1, 0.15) is 0 Å². The molecule has 1 aromatic carbocycles. The van der Waals surface area contributed by atoms with Gasteiger partial charge in [-0.15, -0.1) is 0 Å². The van der Waals surface area contributed by atoms with Crippen molar-refractivity contribution in [3.63, 3.8) is 0 Å². The van der Waals surface area contributed by atoms with E-state index in [2.05, 4.69) is 18.0 Å². The fourth-order valence-electron chi connectivity index (χ4n) is 1.75. The van der Waals surface area contributed by atoms with Crippen molar-refractivity contribution in [1.82, 2.24) is 9.55 Å². The Labute approximate surface area is 117 Å². The number of benzene rings is 1. The highest BCUT2D eigenvalue weighted by molar-refractivity contribution is 7.99. The van der Waals surface area contributed by atoms with Crippen molar-refractivity contribution in [2.45, 2.75) is 12.1 Å². The van der Waals surface area contributed by atoms with Gasteiger partial charge in [-0.1, -0.05) is 49.0 Å². The molecule has 3 nitrogen and oxygen atoms in total. The molecule has 0 radical (unpaired) electrons. The van der Waals surface area contributed by atoms with Crippen LogP contribution in [0.5, 0.6) is 0 Å². The molecular weight excluding hydrogens is 254 g/mol. The molecule has 0 atom stereocenters. The molecule has 0 bridgehead atoms. The van der Waals surface area contributed by atoms with E-state index in [1.165, 1.54) is 0 Å². The van der Waals surface area contributed by atoms with Crippen LogP contribution in [0.15, 0.2) is 41.7 Å². The van der Waals surface area contributed by atoms with Gasteiger partial charge in [0.25, 0.3) is 0 Å². The lowest BCUT2D eigenvalue weighted by molar-refractivity contribution is 0.783. The highest BCUT2D eigenvalue weighted by Gasteiger charge is 2.06. The van der Waals surface area contributed by atoms with Crippen LogP contribution in [0.1, 0.15) is 18.2 Å². The van der Waals surface area contributed by atoms with E-state index in [0.717, 1.165) is 22.2 Å². The highest BCUT2D eigenvalue weighted by Crippen LogP contribution is 2.21. The van der Waals surface area contributed by atoms with E-state index in [9.17, 15) is 5.26 Å². The van der Waals surface area contributed by atoms with E-state index in [-0.39, 0.29) is 0 Å². The number of hydrogen-bond acceptors (Lipinski definition) is 3. The summed E-state index contributed by atoms with van der Waals surface area (Å²) in [5.41, 5.74) is 2.52. The number of allylic oxidation sites excluding steroid dienone is 1. The molecule has 0 aliphatic rings. The van der Waals surface area contributed by atoms with Gasteiger partial charge >= 0.3 is 0 Å². The monoisotopic (exact) mass is 269 g/mol. The zero-order valence-electron chi connectivity index (χ0n) is 11.0. The normalized spacial score (nSPS) is 11.3. The van der Waals surface area contributed by atoms with E-state index in [4.69, 9.17) is 0 Å². The minimum absolute atomic E-state index is 0.650. The zero-order chi connectivity index (χ0) is 13.7. The number of nitrogens with zero attached hydrogens (tertiary/aromatic N) is 3. The Balaban J connectivity index is 2.37. The van der Waals surface area contributed by atoms with Crippen molar-refractivity contribution >= 4 is 23.4 Å². The van der Waals surface area contributed by atoms with Crippen LogP contribution in [0.4, 0.5) is 0 Å². The summed E-state index contributed by atoms with van der Waals surface area (Å²) < 4.78 is 2.01. The van der Waals surface area contributed by atoms with Gasteiger partial charge in [0, 0.05) is 7.05 Å². The zero-order valence-corrected chi connectivity index (χ0v) is 11.8. The van der Waals surface area contributed by atoms with Crippen molar-refractivity contribution in [3.05, 3.63) is 47.8 Å². The third kappa shape index (κ3) is 3.07. The molecule has 0 amide bonds. The SMILES string of the molecule is CCSc1ncc(/C=C(\C#N)c2ccccc2)n1C. The second-order valence-electron chi connectivity index (χ2n) is 3.99. The fourth-order valence-corrected chi connectivity index (χ4v) is 2.43. The Kier molecular flexibility index (Phi) is 4.43. The largest absolute Gasteiger partial charge is 0.323 e. The Morgan fingerprint density at radius 3 is 2.79 bits per heavy atom. The summed E-state index contributed by atoms with van der Waals surface area (Å²) in [6.45, 7) is 2.10. The Hall–Kier alpha value is -1.99. The summed E-state index contributed by atoms with van der Waals surface area (Å²) >= 11 is 1.69. The maximum absolute atomic E-state index is 9.29. The van der Waals surface area contributed by atoms with Gasteiger partial charge in [-0.25, -0.2) is 4.98 Å². The molecule has 0 spiro atoms. The van der Waals surface area contributed by atoms with Crippen LogP contribution in [0.25, 0.3) is 11.6 Å². The van der Waals surface area contributed by atoms with Crippen LogP contribution >= 0.6 is 11.8 Å². The van der Waals surface area contributed by atoms with Crippen molar-refractivity contribution in [1.29, 1.82) is 5.26 Å². The summed E-state index contributed by atoms with van der Waals surface area (Å²) in [4.78, 5) is 4.36. The van der Waals surface area contributed by atoms with Crippen LogP contribution < -0.4 is 0 Å². The first kappa shape index (κ1) is 13.4. The van der Waals surface area contributed by atoms with Crippen molar-refractivity contribution in [2.75, 3.05) is 5.75 Å². The van der Waals surface area contributed by atoms with E-state index >= 15 is 0 Å². The van der Waals surface area contributed by atoms with Gasteiger partial charge in [-0.3, -0.25) is 0 Å². The summed E-state index contributed by atoms with van der Waals surface area (Å²) in [6, 6.07) is 11.9. The maximum Gasteiger partial charge on any atom is 0.168 e. The Morgan fingerprint density at radius 1 is 1.42 bits per heavy atom. The van der Waals surface area contributed by atoms with Crippen molar-refractivity contribution in [2.24, 2.45) is 7.05 Å². The Morgan fingerprint density at radius 2 is 2.16 bits per heavy atom. The number of nitriles is 1. The molecule has 0 saturated carbocycles. The lowest BCUT2D eigenvalue weighted by atomic mass is 10.1. The number of rotatable bonds is 4. The van der Waals surface area contributed by atoms with Crippen LogP contribution in [0.2, 0.25) is 0 Å². The lowest BCUT2D eigenvalue weighted by Crippen LogP contribution is -1.94. The van der Waals surface area contributed by atoms with E-state index in [1.807, 2.05) is 48.0 Å². The predicted molar refractivity (Wildman–Crippen MR) is 79.5 cm³/mol. The third-order valence-electron chi connectivity index (χ3n) is 2.75. The third-order valence-corrected chi connectivity index (χ3v) is 3.68. The van der Waals surface area contributed by atoms with Crippen LogP contribution in [0, 0.1) is 11.3 Å². The van der Waals surface area contributed by atoms with E-state index < -0.39 is 0 Å². The van der Waals surface area contributed by atoms with E-state index in [1.54, 1.807) is 18.0 Å². The predicted octanol–water partition coefficient (Wildman–Crippen LogP) is 3.60. The standard InChI is InChI=1S/C15H15N3S/c1-3-19-15-17-11-14(18(15)2)9-13(10-16)12-7-5-4-6-8-12/h4-9,11H,3H2,1-2H3/b13-9+.